The van der Waals surface area contributed by atoms with Crippen molar-refractivity contribution in [2.75, 3.05) is 6.61 Å². The smallest absolute Gasteiger partial charge is 0.322 e. The van der Waals surface area contributed by atoms with Crippen molar-refractivity contribution in [3.05, 3.63) is 25.8 Å². The summed E-state index contributed by atoms with van der Waals surface area (Å²) in [5.41, 5.74) is 0. The van der Waals surface area contributed by atoms with Crippen molar-refractivity contribution in [3.63, 3.8) is 0 Å². The minimum Gasteiger partial charge on any atom is -0.460 e. The van der Waals surface area contributed by atoms with Crippen molar-refractivity contribution in [1.82, 2.24) is 0 Å². The van der Waals surface area contributed by atoms with E-state index in [9.17, 15) is 4.79 Å². The molecule has 0 bridgehead atoms. The molecule has 0 saturated carbocycles. The SMILES string of the molecule is C=C.C=CCOC(=O)C(C)(C)Br. The molecule has 0 heterocycles. The average Bonchev–Trinajstić information content (AvgIpc) is 2.02. The summed E-state index contributed by atoms with van der Waals surface area (Å²) in [6, 6.07) is 0. The van der Waals surface area contributed by atoms with Gasteiger partial charge in [-0.3, -0.25) is 4.79 Å². The molecule has 0 atom stereocenters. The Morgan fingerprint density at radius 3 is 2.25 bits per heavy atom. The molecule has 0 radical (unpaired) electrons. The van der Waals surface area contributed by atoms with Gasteiger partial charge in [0.25, 0.3) is 0 Å². The molecule has 12 heavy (non-hydrogen) atoms. The van der Waals surface area contributed by atoms with E-state index in [1.165, 1.54) is 6.08 Å². The molecule has 0 aliphatic rings. The van der Waals surface area contributed by atoms with Crippen LogP contribution in [0.15, 0.2) is 25.8 Å². The predicted octanol–water partition coefficient (Wildman–Crippen LogP) is 2.69. The Morgan fingerprint density at radius 2 is 2.00 bits per heavy atom. The fourth-order valence-corrected chi connectivity index (χ4v) is 0.421. The van der Waals surface area contributed by atoms with Gasteiger partial charge in [-0.15, -0.1) is 13.2 Å². The molecule has 0 amide bonds. The molecule has 0 aliphatic carbocycles. The van der Waals surface area contributed by atoms with Crippen molar-refractivity contribution in [1.29, 1.82) is 0 Å². The molecule has 0 aliphatic heterocycles. The Bertz CT molecular complexity index is 147. The van der Waals surface area contributed by atoms with Crippen molar-refractivity contribution in [2.24, 2.45) is 0 Å². The summed E-state index contributed by atoms with van der Waals surface area (Å²) in [5, 5.41) is 0. The Balaban J connectivity index is 0. The van der Waals surface area contributed by atoms with E-state index in [0.29, 0.717) is 0 Å². The number of ether oxygens (including phenoxy) is 1. The Morgan fingerprint density at radius 1 is 1.58 bits per heavy atom. The molecule has 0 aromatic carbocycles. The molecule has 0 fully saturated rings. The summed E-state index contributed by atoms with van der Waals surface area (Å²) >= 11 is 3.17. The maximum Gasteiger partial charge on any atom is 0.322 e. The number of rotatable bonds is 3. The van der Waals surface area contributed by atoms with Crippen LogP contribution in [0.3, 0.4) is 0 Å². The summed E-state index contributed by atoms with van der Waals surface area (Å²) in [6.07, 6.45) is 1.54. The maximum absolute atomic E-state index is 10.9. The largest absolute Gasteiger partial charge is 0.460 e. The first-order valence-electron chi connectivity index (χ1n) is 3.45. The van der Waals surface area contributed by atoms with Crippen LogP contribution in [0.4, 0.5) is 0 Å². The number of hydrogen-bond acceptors (Lipinski definition) is 2. The van der Waals surface area contributed by atoms with Crippen LogP contribution in [0.1, 0.15) is 13.8 Å². The summed E-state index contributed by atoms with van der Waals surface area (Å²) in [7, 11) is 0. The molecule has 2 nitrogen and oxygen atoms in total. The lowest BCUT2D eigenvalue weighted by atomic mass is 10.2. The zero-order chi connectivity index (χ0) is 10.2. The minimum absolute atomic E-state index is 0.271. The Kier molecular flexibility index (Phi) is 8.27. The standard InChI is InChI=1S/C7H11BrO2.C2H4/c1-4-5-10-6(9)7(2,3)8;1-2/h4H,1,5H2,2-3H3;1-2H2. The molecule has 0 unspecified atom stereocenters. The van der Waals surface area contributed by atoms with Gasteiger partial charge in [0.05, 0.1) is 0 Å². The van der Waals surface area contributed by atoms with Gasteiger partial charge in [-0.05, 0) is 13.8 Å². The topological polar surface area (TPSA) is 26.3 Å². The summed E-state index contributed by atoms with van der Waals surface area (Å²) in [4.78, 5) is 10.9. The van der Waals surface area contributed by atoms with Crippen LogP contribution >= 0.6 is 15.9 Å². The normalized spacial score (nSPS) is 9.25. The van der Waals surface area contributed by atoms with E-state index in [1.807, 2.05) is 0 Å². The first-order valence-corrected chi connectivity index (χ1v) is 4.25. The molecule has 3 heteroatoms. The molecule has 0 spiro atoms. The summed E-state index contributed by atoms with van der Waals surface area (Å²) in [6.45, 7) is 13.2. The summed E-state index contributed by atoms with van der Waals surface area (Å²) in [5.74, 6) is -0.271. The van der Waals surface area contributed by atoms with Crippen molar-refractivity contribution in [2.45, 2.75) is 18.2 Å². The predicted molar refractivity (Wildman–Crippen MR) is 55.4 cm³/mol. The Labute approximate surface area is 82.4 Å². The lowest BCUT2D eigenvalue weighted by Crippen LogP contribution is -2.26. The van der Waals surface area contributed by atoms with Crippen LogP contribution in [0.5, 0.6) is 0 Å². The van der Waals surface area contributed by atoms with Crippen molar-refractivity contribution < 1.29 is 9.53 Å². The van der Waals surface area contributed by atoms with Gasteiger partial charge in [0.2, 0.25) is 0 Å². The van der Waals surface area contributed by atoms with E-state index < -0.39 is 4.32 Å². The first-order chi connectivity index (χ1) is 5.48. The minimum atomic E-state index is -0.587. The lowest BCUT2D eigenvalue weighted by Gasteiger charge is -2.13. The molecule has 0 saturated heterocycles. The second-order valence-electron chi connectivity index (χ2n) is 2.36. The van der Waals surface area contributed by atoms with Crippen LogP contribution in [0.2, 0.25) is 0 Å². The van der Waals surface area contributed by atoms with E-state index in [0.717, 1.165) is 0 Å². The third-order valence-corrected chi connectivity index (χ3v) is 1.14. The van der Waals surface area contributed by atoms with Gasteiger partial charge in [-0.1, -0.05) is 28.6 Å². The van der Waals surface area contributed by atoms with E-state index in [-0.39, 0.29) is 12.6 Å². The third-order valence-electron chi connectivity index (χ3n) is 0.818. The molecule has 0 N–H and O–H groups in total. The van der Waals surface area contributed by atoms with E-state index in [2.05, 4.69) is 35.7 Å². The van der Waals surface area contributed by atoms with Gasteiger partial charge in [0.15, 0.2) is 0 Å². The fourth-order valence-electron chi connectivity index (χ4n) is 0.306. The molecule has 0 rings (SSSR count). The quantitative estimate of drug-likeness (QED) is 0.427. The number of esters is 1. The second-order valence-corrected chi connectivity index (χ2v) is 4.34. The van der Waals surface area contributed by atoms with Crippen LogP contribution < -0.4 is 0 Å². The number of carbonyl (C=O) groups is 1. The Hall–Kier alpha value is -0.570. The van der Waals surface area contributed by atoms with Crippen LogP contribution in [0, 0.1) is 0 Å². The number of halogens is 1. The number of carbonyl (C=O) groups excluding carboxylic acids is 1. The number of alkyl halides is 1. The van der Waals surface area contributed by atoms with Gasteiger partial charge >= 0.3 is 5.97 Å². The van der Waals surface area contributed by atoms with Gasteiger partial charge in [-0.2, -0.15) is 0 Å². The monoisotopic (exact) mass is 234 g/mol. The van der Waals surface area contributed by atoms with Crippen LogP contribution in [-0.2, 0) is 9.53 Å². The average molecular weight is 235 g/mol. The third kappa shape index (κ3) is 7.54. The number of hydrogen-bond donors (Lipinski definition) is 0. The molecular weight excluding hydrogens is 220 g/mol. The molecule has 0 aromatic rings. The highest BCUT2D eigenvalue weighted by Crippen LogP contribution is 2.17. The second kappa shape index (κ2) is 7.10. The van der Waals surface area contributed by atoms with Crippen LogP contribution in [0.25, 0.3) is 0 Å². The van der Waals surface area contributed by atoms with Crippen LogP contribution in [-0.4, -0.2) is 16.9 Å². The first kappa shape index (κ1) is 14.0. The highest BCUT2D eigenvalue weighted by Gasteiger charge is 2.24. The summed E-state index contributed by atoms with van der Waals surface area (Å²) < 4.78 is 4.16. The zero-order valence-corrected chi connectivity index (χ0v) is 9.19. The lowest BCUT2D eigenvalue weighted by molar-refractivity contribution is -0.144. The highest BCUT2D eigenvalue weighted by atomic mass is 79.9. The molecule has 70 valence electrons. The maximum atomic E-state index is 10.9. The zero-order valence-electron chi connectivity index (χ0n) is 7.60. The van der Waals surface area contributed by atoms with E-state index >= 15 is 0 Å². The molecule has 0 aromatic heterocycles. The van der Waals surface area contributed by atoms with Gasteiger partial charge < -0.3 is 4.74 Å². The van der Waals surface area contributed by atoms with Gasteiger partial charge in [-0.25, -0.2) is 0 Å². The van der Waals surface area contributed by atoms with Crippen molar-refractivity contribution in [3.8, 4) is 0 Å². The van der Waals surface area contributed by atoms with E-state index in [1.54, 1.807) is 13.8 Å². The fraction of sp³-hybridized carbons (Fsp3) is 0.444. The van der Waals surface area contributed by atoms with E-state index in [4.69, 9.17) is 4.74 Å². The molecular formula is C9H15BrO2. The van der Waals surface area contributed by atoms with Gasteiger partial charge in [0, 0.05) is 0 Å². The van der Waals surface area contributed by atoms with Gasteiger partial charge in [0.1, 0.15) is 10.9 Å². The van der Waals surface area contributed by atoms with Crippen molar-refractivity contribution >= 4 is 21.9 Å². The highest BCUT2D eigenvalue weighted by molar-refractivity contribution is 9.10.